The molecule has 130 valence electrons. The van der Waals surface area contributed by atoms with Crippen LogP contribution in [0.5, 0.6) is 0 Å². The largest absolute Gasteiger partial charge is 0.488 e. The first kappa shape index (κ1) is 19.2. The quantitative estimate of drug-likeness (QED) is 0.556. The fourth-order valence-corrected chi connectivity index (χ4v) is 3.47. The average molecular weight is 344 g/mol. The highest BCUT2D eigenvalue weighted by molar-refractivity contribution is 6.83. The van der Waals surface area contributed by atoms with E-state index < -0.39 is 15.2 Å². The van der Waals surface area contributed by atoms with Gasteiger partial charge in [0.15, 0.2) is 0 Å². The molecule has 2 rings (SSSR count). The van der Waals surface area contributed by atoms with E-state index in [2.05, 4.69) is 48.2 Å². The molecular weight excluding hydrogens is 315 g/mol. The maximum Gasteiger partial charge on any atom is 0.488 e. The number of rotatable bonds is 3. The van der Waals surface area contributed by atoms with Crippen molar-refractivity contribution in [3.8, 4) is 11.5 Å². The Labute approximate surface area is 147 Å². The van der Waals surface area contributed by atoms with Gasteiger partial charge >= 0.3 is 7.12 Å². The van der Waals surface area contributed by atoms with Crippen LogP contribution < -0.4 is 10.8 Å². The maximum absolute atomic E-state index is 9.77. The molecule has 1 aliphatic heterocycles. The number of hydrogen-bond donors (Lipinski definition) is 3. The molecule has 1 aromatic carbocycles. The fraction of sp³-hybridized carbons (Fsp3) is 0.556. The Kier molecular flexibility index (Phi) is 6.29. The highest BCUT2D eigenvalue weighted by atomic mass is 28.3. The van der Waals surface area contributed by atoms with E-state index in [1.54, 1.807) is 0 Å². The molecular formula is C18H29BN2O2Si. The van der Waals surface area contributed by atoms with E-state index in [1.807, 2.05) is 13.0 Å². The Morgan fingerprint density at radius 1 is 1.17 bits per heavy atom. The van der Waals surface area contributed by atoms with E-state index in [1.165, 1.54) is 5.56 Å². The zero-order chi connectivity index (χ0) is 17.9. The molecule has 0 unspecified atom stereocenters. The Hall–Kier alpha value is -1.10. The van der Waals surface area contributed by atoms with Crippen LogP contribution in [0, 0.1) is 25.3 Å². The lowest BCUT2D eigenvalue weighted by atomic mass is 9.74. The Balaban J connectivity index is 2.46. The van der Waals surface area contributed by atoms with Crippen molar-refractivity contribution in [3.05, 3.63) is 28.3 Å². The topological polar surface area (TPSA) is 55.7 Å². The van der Waals surface area contributed by atoms with Crippen molar-refractivity contribution in [3.63, 3.8) is 0 Å². The van der Waals surface area contributed by atoms with Gasteiger partial charge < -0.3 is 15.4 Å². The molecule has 1 fully saturated rings. The molecule has 24 heavy (non-hydrogen) atoms. The van der Waals surface area contributed by atoms with Crippen molar-refractivity contribution in [2.75, 3.05) is 26.2 Å². The molecule has 0 atom stereocenters. The van der Waals surface area contributed by atoms with E-state index in [0.29, 0.717) is 5.46 Å². The lowest BCUT2D eigenvalue weighted by Crippen LogP contribution is -2.43. The predicted octanol–water partition coefficient (Wildman–Crippen LogP) is 0.617. The number of nitrogens with one attached hydrogen (secondary N) is 1. The van der Waals surface area contributed by atoms with Gasteiger partial charge in [0, 0.05) is 38.3 Å². The van der Waals surface area contributed by atoms with Gasteiger partial charge in [-0.25, -0.2) is 0 Å². The number of nitrogens with zero attached hydrogens (tertiary/aromatic N) is 1. The molecule has 0 bridgehead atoms. The normalized spacial score (nSPS) is 15.8. The van der Waals surface area contributed by atoms with Crippen molar-refractivity contribution < 1.29 is 10.0 Å². The van der Waals surface area contributed by atoms with E-state index in [9.17, 15) is 10.0 Å². The van der Waals surface area contributed by atoms with Crippen LogP contribution in [0.1, 0.15) is 22.3 Å². The molecule has 6 heteroatoms. The molecule has 0 radical (unpaired) electrons. The lowest BCUT2D eigenvalue weighted by molar-refractivity contribution is 0.233. The van der Waals surface area contributed by atoms with Gasteiger partial charge in [-0.2, -0.15) is 0 Å². The minimum Gasteiger partial charge on any atom is -0.423 e. The molecule has 4 nitrogen and oxygen atoms in total. The summed E-state index contributed by atoms with van der Waals surface area (Å²) in [7, 11) is -2.95. The highest BCUT2D eigenvalue weighted by Crippen LogP contribution is 2.19. The smallest absolute Gasteiger partial charge is 0.423 e. The number of benzene rings is 1. The first-order chi connectivity index (χ1) is 11.2. The van der Waals surface area contributed by atoms with E-state index in [4.69, 9.17) is 0 Å². The minimum atomic E-state index is -1.50. The molecule has 0 aromatic heterocycles. The van der Waals surface area contributed by atoms with Crippen LogP contribution in [0.15, 0.2) is 6.07 Å². The van der Waals surface area contributed by atoms with Gasteiger partial charge in [-0.15, -0.1) is 5.54 Å². The van der Waals surface area contributed by atoms with Crippen molar-refractivity contribution in [1.29, 1.82) is 0 Å². The molecule has 1 aromatic rings. The molecule has 0 saturated carbocycles. The van der Waals surface area contributed by atoms with Gasteiger partial charge in [0.25, 0.3) is 0 Å². The van der Waals surface area contributed by atoms with Gasteiger partial charge in [-0.1, -0.05) is 31.6 Å². The SMILES string of the molecule is Cc1c(CN2CCNCC2)cc(B(O)O)c(C)c1C#C[Si](C)(C)C. The summed E-state index contributed by atoms with van der Waals surface area (Å²) < 4.78 is 0. The van der Waals surface area contributed by atoms with Crippen LogP contribution in [0.25, 0.3) is 0 Å². The Morgan fingerprint density at radius 2 is 1.79 bits per heavy atom. The summed E-state index contributed by atoms with van der Waals surface area (Å²) in [6.45, 7) is 15.6. The molecule has 0 aliphatic carbocycles. The maximum atomic E-state index is 9.77. The first-order valence-electron chi connectivity index (χ1n) is 8.64. The monoisotopic (exact) mass is 344 g/mol. The third-order valence-electron chi connectivity index (χ3n) is 4.44. The van der Waals surface area contributed by atoms with Crippen molar-refractivity contribution in [2.24, 2.45) is 0 Å². The molecule has 1 saturated heterocycles. The van der Waals surface area contributed by atoms with Crippen LogP contribution in [0.4, 0.5) is 0 Å². The fourth-order valence-electron chi connectivity index (χ4n) is 2.97. The molecule has 3 N–H and O–H groups in total. The van der Waals surface area contributed by atoms with Crippen molar-refractivity contribution in [1.82, 2.24) is 10.2 Å². The van der Waals surface area contributed by atoms with Crippen molar-refractivity contribution >= 4 is 20.7 Å². The van der Waals surface area contributed by atoms with Crippen LogP contribution >= 0.6 is 0 Å². The van der Waals surface area contributed by atoms with Crippen LogP contribution in [-0.2, 0) is 6.54 Å². The summed E-state index contributed by atoms with van der Waals surface area (Å²) in [4.78, 5) is 2.40. The molecule has 1 aliphatic rings. The first-order valence-corrected chi connectivity index (χ1v) is 12.1. The highest BCUT2D eigenvalue weighted by Gasteiger charge is 2.21. The van der Waals surface area contributed by atoms with Gasteiger partial charge in [0.2, 0.25) is 0 Å². The second-order valence-corrected chi connectivity index (χ2v) is 12.4. The predicted molar refractivity (Wildman–Crippen MR) is 104 cm³/mol. The van der Waals surface area contributed by atoms with Crippen LogP contribution in [0.3, 0.4) is 0 Å². The van der Waals surface area contributed by atoms with E-state index >= 15 is 0 Å². The van der Waals surface area contributed by atoms with Gasteiger partial charge in [0.1, 0.15) is 8.07 Å². The summed E-state index contributed by atoms with van der Waals surface area (Å²) in [5.74, 6) is 3.35. The molecule has 1 heterocycles. The summed E-state index contributed by atoms with van der Waals surface area (Å²) in [5, 5.41) is 22.9. The third-order valence-corrected chi connectivity index (χ3v) is 5.31. The van der Waals surface area contributed by atoms with E-state index in [0.717, 1.165) is 49.4 Å². The Bertz CT molecular complexity index is 654. The zero-order valence-electron chi connectivity index (χ0n) is 15.5. The Morgan fingerprint density at radius 3 is 2.33 bits per heavy atom. The van der Waals surface area contributed by atoms with Gasteiger partial charge in [-0.3, -0.25) is 4.90 Å². The average Bonchev–Trinajstić information content (AvgIpc) is 2.49. The van der Waals surface area contributed by atoms with Crippen LogP contribution in [0.2, 0.25) is 19.6 Å². The summed E-state index contributed by atoms with van der Waals surface area (Å²) in [6.07, 6.45) is 0. The number of piperazine rings is 1. The summed E-state index contributed by atoms with van der Waals surface area (Å²) >= 11 is 0. The molecule has 0 spiro atoms. The van der Waals surface area contributed by atoms with Gasteiger partial charge in [0.05, 0.1) is 0 Å². The zero-order valence-corrected chi connectivity index (χ0v) is 16.5. The second kappa shape index (κ2) is 7.86. The summed E-state index contributed by atoms with van der Waals surface area (Å²) in [6, 6.07) is 1.94. The second-order valence-electron chi connectivity index (χ2n) is 7.65. The third kappa shape index (κ3) is 4.95. The summed E-state index contributed by atoms with van der Waals surface area (Å²) in [5.41, 5.74) is 8.16. The standard InChI is InChI=1S/C18H29BN2O2Si/c1-14-16(13-21-9-7-20-8-10-21)12-18(19(22)23)15(2)17(14)6-11-24(3,4)5/h12,20,22-23H,7-10,13H2,1-5H3. The van der Waals surface area contributed by atoms with Crippen LogP contribution in [-0.4, -0.2) is 56.3 Å². The molecule has 0 amide bonds. The lowest BCUT2D eigenvalue weighted by Gasteiger charge is -2.28. The van der Waals surface area contributed by atoms with Gasteiger partial charge in [-0.05, 0) is 36.0 Å². The number of hydrogen-bond acceptors (Lipinski definition) is 4. The minimum absolute atomic E-state index is 0.575. The van der Waals surface area contributed by atoms with Crippen molar-refractivity contribution in [2.45, 2.75) is 40.0 Å². The van der Waals surface area contributed by atoms with E-state index in [-0.39, 0.29) is 0 Å².